The molecule has 0 saturated heterocycles. The summed E-state index contributed by atoms with van der Waals surface area (Å²) in [5, 5.41) is 10.9. The highest BCUT2D eigenvalue weighted by Crippen LogP contribution is 2.27. The van der Waals surface area contributed by atoms with Crippen LogP contribution in [0.3, 0.4) is 0 Å². The maximum absolute atomic E-state index is 12.9. The van der Waals surface area contributed by atoms with Gasteiger partial charge >= 0.3 is 0 Å². The van der Waals surface area contributed by atoms with Crippen molar-refractivity contribution < 1.29 is 14.3 Å². The van der Waals surface area contributed by atoms with Gasteiger partial charge in [0.05, 0.1) is 24.7 Å². The predicted octanol–water partition coefficient (Wildman–Crippen LogP) is 3.41. The lowest BCUT2D eigenvalue weighted by Crippen LogP contribution is -2.14. The van der Waals surface area contributed by atoms with Gasteiger partial charge in [0.2, 0.25) is 0 Å². The van der Waals surface area contributed by atoms with Crippen LogP contribution in [0.1, 0.15) is 35.0 Å². The molecule has 0 aliphatic rings. The van der Waals surface area contributed by atoms with Gasteiger partial charge in [-0.25, -0.2) is 4.98 Å². The van der Waals surface area contributed by atoms with Gasteiger partial charge in [-0.15, -0.1) is 0 Å². The van der Waals surface area contributed by atoms with Crippen molar-refractivity contribution in [2.45, 2.75) is 20.3 Å². The zero-order valence-electron chi connectivity index (χ0n) is 18.9. The number of carbonyl (C=O) groups excluding carboxylic acids is 1. The average molecular weight is 449 g/mol. The molecular weight excluding hydrogens is 420 g/mol. The minimum absolute atomic E-state index is 0.287. The van der Waals surface area contributed by atoms with Crippen molar-refractivity contribution in [3.63, 3.8) is 0 Å². The van der Waals surface area contributed by atoms with E-state index in [-0.39, 0.29) is 11.7 Å². The fraction of sp³-hybridized carbons (Fsp3) is 0.250. The van der Waals surface area contributed by atoms with E-state index in [0.717, 1.165) is 11.3 Å². The highest BCUT2D eigenvalue weighted by Gasteiger charge is 2.14. The van der Waals surface area contributed by atoms with Crippen LogP contribution in [0.2, 0.25) is 0 Å². The van der Waals surface area contributed by atoms with Crippen molar-refractivity contribution >= 4 is 23.1 Å². The second-order valence-corrected chi connectivity index (χ2v) is 7.31. The van der Waals surface area contributed by atoms with Crippen LogP contribution in [0.15, 0.2) is 42.6 Å². The van der Waals surface area contributed by atoms with Crippen LogP contribution in [0.4, 0.5) is 11.5 Å². The molecule has 0 bridgehead atoms. The van der Waals surface area contributed by atoms with Gasteiger partial charge in [-0.1, -0.05) is 6.92 Å². The lowest BCUT2D eigenvalue weighted by molar-refractivity contribution is 0.102. The summed E-state index contributed by atoms with van der Waals surface area (Å²) in [6, 6.07) is 10.3. The number of aromatic nitrogens is 2. The maximum atomic E-state index is 12.9. The van der Waals surface area contributed by atoms with Crippen molar-refractivity contribution in [2.75, 3.05) is 31.3 Å². The zero-order valence-corrected chi connectivity index (χ0v) is 18.9. The van der Waals surface area contributed by atoms with E-state index in [2.05, 4.69) is 15.3 Å². The van der Waals surface area contributed by atoms with Gasteiger partial charge in [0.15, 0.2) is 0 Å². The van der Waals surface area contributed by atoms with Crippen LogP contribution in [0.25, 0.3) is 11.3 Å². The lowest BCUT2D eigenvalue weighted by Gasteiger charge is -2.13. The lowest BCUT2D eigenvalue weighted by atomic mass is 10.1. The first-order chi connectivity index (χ1) is 15.9. The summed E-state index contributed by atoms with van der Waals surface area (Å²) in [5.41, 5.74) is 15.6. The van der Waals surface area contributed by atoms with E-state index in [1.165, 1.54) is 7.11 Å². The van der Waals surface area contributed by atoms with Gasteiger partial charge < -0.3 is 31.7 Å². The molecule has 0 saturated carbocycles. The third-order valence-corrected chi connectivity index (χ3v) is 4.99. The number of ether oxygens (including phenoxy) is 2. The number of benzene rings is 1. The molecule has 3 aromatic rings. The second kappa shape index (κ2) is 10.6. The normalized spacial score (nSPS) is 10.5. The molecule has 33 heavy (non-hydrogen) atoms. The number of hydrogen-bond acceptors (Lipinski definition) is 8. The van der Waals surface area contributed by atoms with Crippen LogP contribution >= 0.6 is 0 Å². The third kappa shape index (κ3) is 5.64. The van der Waals surface area contributed by atoms with Crippen molar-refractivity contribution in [2.24, 2.45) is 5.73 Å². The fourth-order valence-electron chi connectivity index (χ4n) is 3.22. The smallest absolute Gasteiger partial charge is 0.255 e. The highest BCUT2D eigenvalue weighted by atomic mass is 16.5. The summed E-state index contributed by atoms with van der Waals surface area (Å²) in [7, 11) is 1.52. The highest BCUT2D eigenvalue weighted by molar-refractivity contribution is 6.05. The number of nitrogens with zero attached hydrogens (tertiary/aromatic N) is 2. The number of carbonyl (C=O) groups is 1. The van der Waals surface area contributed by atoms with E-state index >= 15 is 0 Å². The summed E-state index contributed by atoms with van der Waals surface area (Å²) >= 11 is 0. The topological polar surface area (TPSA) is 149 Å². The number of methoxy groups -OCH3 is 1. The van der Waals surface area contributed by atoms with E-state index in [1.54, 1.807) is 42.6 Å². The first kappa shape index (κ1) is 23.7. The van der Waals surface area contributed by atoms with E-state index in [9.17, 15) is 4.79 Å². The molecule has 3 rings (SSSR count). The first-order valence-corrected chi connectivity index (χ1v) is 10.5. The van der Waals surface area contributed by atoms with E-state index in [1.807, 2.05) is 13.8 Å². The molecule has 2 heterocycles. The van der Waals surface area contributed by atoms with E-state index < -0.39 is 0 Å². The van der Waals surface area contributed by atoms with Gasteiger partial charge in [0.25, 0.3) is 5.91 Å². The first-order valence-electron chi connectivity index (χ1n) is 10.5. The summed E-state index contributed by atoms with van der Waals surface area (Å²) in [4.78, 5) is 21.8. The second-order valence-electron chi connectivity index (χ2n) is 7.31. The average Bonchev–Trinajstić information content (AvgIpc) is 2.83. The summed E-state index contributed by atoms with van der Waals surface area (Å²) in [6.07, 6.45) is 2.14. The number of nitrogen functional groups attached to an aromatic ring is 1. The Morgan fingerprint density at radius 1 is 1.18 bits per heavy atom. The molecule has 0 aliphatic heterocycles. The number of rotatable bonds is 9. The third-order valence-electron chi connectivity index (χ3n) is 4.99. The molecule has 1 aromatic carbocycles. The van der Waals surface area contributed by atoms with Crippen LogP contribution in [0.5, 0.6) is 11.5 Å². The molecule has 0 aliphatic carbocycles. The predicted molar refractivity (Wildman–Crippen MR) is 129 cm³/mol. The molecule has 0 radical (unpaired) electrons. The van der Waals surface area contributed by atoms with E-state index in [4.69, 9.17) is 26.4 Å². The van der Waals surface area contributed by atoms with Crippen molar-refractivity contribution in [1.29, 1.82) is 5.41 Å². The summed E-state index contributed by atoms with van der Waals surface area (Å²) in [6.45, 7) is 4.43. The number of amides is 1. The van der Waals surface area contributed by atoms with Crippen molar-refractivity contribution in [3.05, 3.63) is 59.4 Å². The van der Waals surface area contributed by atoms with Crippen molar-refractivity contribution in [1.82, 2.24) is 9.97 Å². The molecule has 0 fully saturated rings. The number of anilines is 2. The molecule has 0 atom stereocenters. The molecule has 9 heteroatoms. The Labute approximate surface area is 192 Å². The van der Waals surface area contributed by atoms with Gasteiger partial charge in [-0.2, -0.15) is 0 Å². The Morgan fingerprint density at radius 3 is 2.61 bits per heavy atom. The monoisotopic (exact) mass is 448 g/mol. The fourth-order valence-corrected chi connectivity index (χ4v) is 3.22. The van der Waals surface area contributed by atoms with Crippen LogP contribution in [-0.2, 0) is 0 Å². The molecule has 172 valence electrons. The number of hydrogen-bond donors (Lipinski definition) is 4. The molecule has 0 unspecified atom stereocenters. The van der Waals surface area contributed by atoms with Crippen molar-refractivity contribution in [3.8, 4) is 22.8 Å². The Balaban J connectivity index is 1.88. The van der Waals surface area contributed by atoms with Gasteiger partial charge in [0, 0.05) is 40.7 Å². The number of nitrogens with one attached hydrogen (secondary N) is 2. The van der Waals surface area contributed by atoms with Gasteiger partial charge in [-0.3, -0.25) is 9.78 Å². The molecule has 0 spiro atoms. The summed E-state index contributed by atoms with van der Waals surface area (Å²) in [5.74, 6) is 0.928. The number of pyridine rings is 2. The quantitative estimate of drug-likeness (QED) is 0.366. The minimum atomic E-state index is -0.345. The summed E-state index contributed by atoms with van der Waals surface area (Å²) < 4.78 is 10.8. The van der Waals surface area contributed by atoms with E-state index in [0.29, 0.717) is 59.3 Å². The Hall–Kier alpha value is -3.98. The Kier molecular flexibility index (Phi) is 7.57. The Morgan fingerprint density at radius 2 is 1.94 bits per heavy atom. The largest absolute Gasteiger partial charge is 0.497 e. The van der Waals surface area contributed by atoms with Gasteiger partial charge in [0.1, 0.15) is 23.9 Å². The van der Waals surface area contributed by atoms with Crippen LogP contribution < -0.4 is 26.3 Å². The molecule has 2 aromatic heterocycles. The standard InChI is InChI=1S/C24H28N6O3/c1-4-21(26)19-5-6-22(30-23(19)27)20-11-16(13-28-14(20)2)29-24(31)15-9-17(32-3)12-18(10-15)33-8-7-25/h5-6,9-13,26H,4,7-8,25H2,1-3H3,(H2,27,30)(H,29,31). The van der Waals surface area contributed by atoms with Crippen LogP contribution in [-0.4, -0.2) is 41.8 Å². The minimum Gasteiger partial charge on any atom is -0.497 e. The molecular formula is C24H28N6O3. The molecule has 6 N–H and O–H groups in total. The number of aryl methyl sites for hydroxylation is 1. The number of nitrogens with two attached hydrogens (primary N) is 2. The molecule has 1 amide bonds. The van der Waals surface area contributed by atoms with Crippen LogP contribution in [0, 0.1) is 12.3 Å². The maximum Gasteiger partial charge on any atom is 0.255 e. The van der Waals surface area contributed by atoms with Gasteiger partial charge in [-0.05, 0) is 43.7 Å². The molecule has 9 nitrogen and oxygen atoms in total. The SMILES string of the molecule is CCC(=N)c1ccc(-c2cc(NC(=O)c3cc(OC)cc(OCCN)c3)cnc2C)nc1N. The zero-order chi connectivity index (χ0) is 24.0. The Bertz CT molecular complexity index is 1180.